The summed E-state index contributed by atoms with van der Waals surface area (Å²) in [6, 6.07) is 15.1. The quantitative estimate of drug-likeness (QED) is 0.420. The van der Waals surface area contributed by atoms with Gasteiger partial charge >= 0.3 is 0 Å². The van der Waals surface area contributed by atoms with Crippen LogP contribution in [-0.4, -0.2) is 16.6 Å². The Morgan fingerprint density at radius 2 is 1.97 bits per heavy atom. The molecule has 1 aliphatic carbocycles. The van der Waals surface area contributed by atoms with Gasteiger partial charge in [0.2, 0.25) is 0 Å². The zero-order valence-electron chi connectivity index (χ0n) is 18.3. The lowest BCUT2D eigenvalue weighted by Crippen LogP contribution is -2.11. The lowest BCUT2D eigenvalue weighted by molar-refractivity contribution is 0.269. The summed E-state index contributed by atoms with van der Waals surface area (Å²) in [4.78, 5) is 22.8. The third-order valence-corrected chi connectivity index (χ3v) is 7.05. The molecule has 166 valence electrons. The van der Waals surface area contributed by atoms with Crippen molar-refractivity contribution in [2.75, 3.05) is 6.61 Å². The summed E-state index contributed by atoms with van der Waals surface area (Å²) in [5.74, 6) is 1.66. The lowest BCUT2D eigenvalue weighted by Gasteiger charge is -2.14. The molecule has 0 spiro atoms. The van der Waals surface area contributed by atoms with Crippen LogP contribution < -0.4 is 15.0 Å². The first-order valence-corrected chi connectivity index (χ1v) is 11.9. The predicted octanol–water partition coefficient (Wildman–Crippen LogP) is 5.38. The number of rotatable bonds is 6. The molecule has 0 bridgehead atoms. The van der Waals surface area contributed by atoms with E-state index < -0.39 is 0 Å². The second-order valence-electron chi connectivity index (χ2n) is 7.96. The van der Waals surface area contributed by atoms with Gasteiger partial charge in [0, 0.05) is 16.0 Å². The molecule has 1 aliphatic rings. The number of thiophene rings is 1. The van der Waals surface area contributed by atoms with Gasteiger partial charge in [-0.15, -0.1) is 11.3 Å². The van der Waals surface area contributed by atoms with E-state index in [1.165, 1.54) is 16.9 Å². The number of nitrogens with zero attached hydrogens (tertiary/aromatic N) is 2. The average molecular weight is 458 g/mol. The molecule has 33 heavy (non-hydrogen) atoms. The second-order valence-corrected chi connectivity index (χ2v) is 9.04. The maximum absolute atomic E-state index is 12.9. The smallest absolute Gasteiger partial charge is 0.260 e. The van der Waals surface area contributed by atoms with Crippen LogP contribution in [0.4, 0.5) is 0 Å². The molecule has 0 unspecified atom stereocenters. The van der Waals surface area contributed by atoms with Crippen LogP contribution in [0.5, 0.6) is 11.5 Å². The van der Waals surface area contributed by atoms with Crippen LogP contribution in [-0.2, 0) is 19.4 Å². The Balaban J connectivity index is 1.48. The molecular formula is C26H23N3O3S. The van der Waals surface area contributed by atoms with E-state index in [1.807, 2.05) is 43.3 Å². The van der Waals surface area contributed by atoms with Crippen LogP contribution in [0.15, 0.2) is 47.3 Å². The number of ether oxygens (including phenoxy) is 2. The topological polar surface area (TPSA) is 88.0 Å². The van der Waals surface area contributed by atoms with Crippen molar-refractivity contribution in [3.63, 3.8) is 0 Å². The van der Waals surface area contributed by atoms with Crippen molar-refractivity contribution in [2.45, 2.75) is 39.2 Å². The number of nitrogens with one attached hydrogen (secondary N) is 1. The highest BCUT2D eigenvalue weighted by molar-refractivity contribution is 7.18. The van der Waals surface area contributed by atoms with Crippen molar-refractivity contribution in [2.24, 2.45) is 0 Å². The Kier molecular flexibility index (Phi) is 5.84. The third kappa shape index (κ3) is 4.10. The van der Waals surface area contributed by atoms with Crippen LogP contribution >= 0.6 is 11.3 Å². The molecule has 0 aliphatic heterocycles. The molecule has 0 atom stereocenters. The van der Waals surface area contributed by atoms with E-state index in [4.69, 9.17) is 14.5 Å². The zero-order valence-corrected chi connectivity index (χ0v) is 19.1. The normalized spacial score (nSPS) is 12.8. The summed E-state index contributed by atoms with van der Waals surface area (Å²) in [6.45, 7) is 2.63. The third-order valence-electron chi connectivity index (χ3n) is 5.86. The van der Waals surface area contributed by atoms with Crippen LogP contribution in [0.1, 0.15) is 41.3 Å². The molecular weight excluding hydrogens is 434 g/mol. The van der Waals surface area contributed by atoms with E-state index in [2.05, 4.69) is 11.1 Å². The van der Waals surface area contributed by atoms with Crippen LogP contribution in [0, 0.1) is 11.3 Å². The second kappa shape index (κ2) is 9.08. The summed E-state index contributed by atoms with van der Waals surface area (Å²) >= 11 is 1.64. The zero-order chi connectivity index (χ0) is 22.8. The Labute approximate surface area is 195 Å². The molecule has 6 nitrogen and oxygen atoms in total. The molecule has 0 fully saturated rings. The number of benzene rings is 2. The summed E-state index contributed by atoms with van der Waals surface area (Å²) in [6.07, 6.45) is 4.27. The molecule has 2 heterocycles. The highest BCUT2D eigenvalue weighted by Crippen LogP contribution is 2.36. The lowest BCUT2D eigenvalue weighted by atomic mass is 9.97. The molecule has 1 N–H and O–H groups in total. The van der Waals surface area contributed by atoms with Crippen LogP contribution in [0.25, 0.3) is 21.6 Å². The molecule has 0 amide bonds. The van der Waals surface area contributed by atoms with Gasteiger partial charge < -0.3 is 14.5 Å². The van der Waals surface area contributed by atoms with E-state index in [9.17, 15) is 10.1 Å². The number of hydrogen-bond acceptors (Lipinski definition) is 6. The fourth-order valence-electron chi connectivity index (χ4n) is 4.25. The Morgan fingerprint density at radius 1 is 1.12 bits per heavy atom. The van der Waals surface area contributed by atoms with Gasteiger partial charge in [-0.25, -0.2) is 4.98 Å². The summed E-state index contributed by atoms with van der Waals surface area (Å²) in [5.41, 5.74) is 3.25. The van der Waals surface area contributed by atoms with Gasteiger partial charge in [-0.3, -0.25) is 4.79 Å². The van der Waals surface area contributed by atoms with Gasteiger partial charge in [0.05, 0.1) is 23.6 Å². The fraction of sp³-hybridized carbons (Fsp3) is 0.269. The first kappa shape index (κ1) is 21.2. The summed E-state index contributed by atoms with van der Waals surface area (Å²) < 4.78 is 11.8. The number of hydrogen-bond donors (Lipinski definition) is 1. The highest BCUT2D eigenvalue weighted by atomic mass is 32.1. The number of aromatic amines is 1. The molecule has 2 aromatic carbocycles. The van der Waals surface area contributed by atoms with E-state index in [1.54, 1.807) is 17.4 Å². The van der Waals surface area contributed by atoms with E-state index in [0.717, 1.165) is 40.6 Å². The van der Waals surface area contributed by atoms with Gasteiger partial charge in [0.15, 0.2) is 11.5 Å². The van der Waals surface area contributed by atoms with Crippen LogP contribution in [0.3, 0.4) is 0 Å². The molecule has 5 rings (SSSR count). The van der Waals surface area contributed by atoms with E-state index in [0.29, 0.717) is 29.5 Å². The number of aryl methyl sites for hydroxylation is 2. The van der Waals surface area contributed by atoms with Crippen molar-refractivity contribution < 1.29 is 9.47 Å². The SMILES string of the molecule is CCOc1cc(-c2nc3sc4c(c3c(=O)[nH]2)CCCC4)ccc1OCc1ccccc1C#N. The standard InChI is InChI=1S/C26H23N3O3S/c1-2-31-21-13-16(11-12-20(21)32-15-18-8-4-3-7-17(18)14-27)24-28-25(30)23-19-9-5-6-10-22(19)33-26(23)29-24/h3-4,7-8,11-13H,2,5-6,9-10,15H2,1H3,(H,28,29,30). The van der Waals surface area contributed by atoms with Crippen molar-refractivity contribution in [3.05, 3.63) is 74.4 Å². The average Bonchev–Trinajstić information content (AvgIpc) is 3.22. The maximum Gasteiger partial charge on any atom is 0.260 e. The first-order chi connectivity index (χ1) is 16.2. The first-order valence-electron chi connectivity index (χ1n) is 11.1. The summed E-state index contributed by atoms with van der Waals surface area (Å²) in [5, 5.41) is 10.1. The van der Waals surface area contributed by atoms with Gasteiger partial charge in [-0.05, 0) is 62.4 Å². The Hall–Kier alpha value is -3.63. The van der Waals surface area contributed by atoms with Gasteiger partial charge in [-0.1, -0.05) is 18.2 Å². The molecule has 0 radical (unpaired) electrons. The highest BCUT2D eigenvalue weighted by Gasteiger charge is 2.20. The van der Waals surface area contributed by atoms with E-state index >= 15 is 0 Å². The molecule has 7 heteroatoms. The molecule has 2 aromatic heterocycles. The minimum atomic E-state index is -0.0826. The fourth-order valence-corrected chi connectivity index (χ4v) is 5.52. The van der Waals surface area contributed by atoms with E-state index in [-0.39, 0.29) is 12.2 Å². The van der Waals surface area contributed by atoms with Crippen molar-refractivity contribution in [3.8, 4) is 29.0 Å². The largest absolute Gasteiger partial charge is 0.490 e. The minimum absolute atomic E-state index is 0.0826. The molecule has 0 saturated carbocycles. The van der Waals surface area contributed by atoms with Crippen molar-refractivity contribution in [1.82, 2.24) is 9.97 Å². The minimum Gasteiger partial charge on any atom is -0.490 e. The molecule has 4 aromatic rings. The van der Waals surface area contributed by atoms with Gasteiger partial charge in [0.1, 0.15) is 17.3 Å². The monoisotopic (exact) mass is 457 g/mol. The van der Waals surface area contributed by atoms with Crippen molar-refractivity contribution in [1.29, 1.82) is 5.26 Å². The number of fused-ring (bicyclic) bond motifs is 3. The summed E-state index contributed by atoms with van der Waals surface area (Å²) in [7, 11) is 0. The Bertz CT molecular complexity index is 1430. The van der Waals surface area contributed by atoms with Gasteiger partial charge in [-0.2, -0.15) is 5.26 Å². The van der Waals surface area contributed by atoms with Crippen LogP contribution in [0.2, 0.25) is 0 Å². The van der Waals surface area contributed by atoms with Crippen molar-refractivity contribution >= 4 is 21.6 Å². The Morgan fingerprint density at radius 3 is 2.82 bits per heavy atom. The number of H-pyrrole nitrogens is 1. The molecule has 0 saturated heterocycles. The number of aromatic nitrogens is 2. The maximum atomic E-state index is 12.9. The number of nitriles is 1. The predicted molar refractivity (Wildman–Crippen MR) is 129 cm³/mol. The van der Waals surface area contributed by atoms with Gasteiger partial charge in [0.25, 0.3) is 5.56 Å².